The maximum Gasteiger partial charge on any atom is -0.0315 e. The summed E-state index contributed by atoms with van der Waals surface area (Å²) < 4.78 is 0. The molecule has 0 radical (unpaired) electrons. The van der Waals surface area contributed by atoms with Gasteiger partial charge >= 0.3 is 0 Å². The van der Waals surface area contributed by atoms with Crippen molar-refractivity contribution in [1.82, 2.24) is 0 Å². The summed E-state index contributed by atoms with van der Waals surface area (Å²) in [6.45, 7) is 9.44. The van der Waals surface area contributed by atoms with Gasteiger partial charge in [-0.25, -0.2) is 0 Å². The summed E-state index contributed by atoms with van der Waals surface area (Å²) in [7, 11) is 0. The highest BCUT2D eigenvalue weighted by Gasteiger charge is 2.28. The monoisotopic (exact) mass is 166 g/mol. The lowest BCUT2D eigenvalue weighted by Crippen LogP contribution is -2.21. The first-order valence-electron chi connectivity index (χ1n) is 5.22. The Morgan fingerprint density at radius 1 is 1.50 bits per heavy atom. The summed E-state index contributed by atoms with van der Waals surface area (Å²) in [5.74, 6) is 0.898. The van der Waals surface area contributed by atoms with Gasteiger partial charge in [0.25, 0.3) is 0 Å². The molecule has 12 heavy (non-hydrogen) atoms. The first-order chi connectivity index (χ1) is 5.56. The first kappa shape index (κ1) is 9.83. The van der Waals surface area contributed by atoms with Crippen molar-refractivity contribution < 1.29 is 0 Å². The zero-order valence-corrected chi connectivity index (χ0v) is 8.98. The van der Waals surface area contributed by atoms with E-state index in [4.69, 9.17) is 0 Å². The molecule has 0 N–H and O–H groups in total. The van der Waals surface area contributed by atoms with Crippen molar-refractivity contribution in [3.63, 3.8) is 0 Å². The molecule has 0 spiro atoms. The van der Waals surface area contributed by atoms with Gasteiger partial charge in [0.15, 0.2) is 0 Å². The quantitative estimate of drug-likeness (QED) is 0.513. The molecule has 0 aromatic rings. The van der Waals surface area contributed by atoms with Gasteiger partial charge in [-0.3, -0.25) is 0 Å². The number of hydrogen-bond acceptors (Lipinski definition) is 0. The van der Waals surface area contributed by atoms with Gasteiger partial charge < -0.3 is 0 Å². The molecule has 0 amide bonds. The summed E-state index contributed by atoms with van der Waals surface area (Å²) in [6, 6.07) is 0. The molecule has 70 valence electrons. The van der Waals surface area contributed by atoms with E-state index in [0.717, 1.165) is 5.92 Å². The highest BCUT2D eigenvalue weighted by atomic mass is 14.3. The predicted octanol–water partition coefficient (Wildman–Crippen LogP) is 4.17. The molecule has 0 bridgehead atoms. The van der Waals surface area contributed by atoms with Gasteiger partial charge in [0.1, 0.15) is 0 Å². The van der Waals surface area contributed by atoms with E-state index < -0.39 is 0 Å². The fourth-order valence-electron chi connectivity index (χ4n) is 2.21. The Bertz CT molecular complexity index is 174. The lowest BCUT2D eigenvalue weighted by Gasteiger charge is -2.31. The number of rotatable bonds is 1. The van der Waals surface area contributed by atoms with E-state index in [1.54, 1.807) is 5.57 Å². The van der Waals surface area contributed by atoms with Gasteiger partial charge in [-0.15, -0.1) is 0 Å². The van der Waals surface area contributed by atoms with Gasteiger partial charge in [0.05, 0.1) is 0 Å². The van der Waals surface area contributed by atoms with Crippen LogP contribution in [0.15, 0.2) is 11.6 Å². The van der Waals surface area contributed by atoms with Crippen LogP contribution in [0, 0.1) is 11.3 Å². The van der Waals surface area contributed by atoms with Crippen molar-refractivity contribution >= 4 is 0 Å². The maximum atomic E-state index is 2.45. The Kier molecular flexibility index (Phi) is 2.98. The standard InChI is InChI=1S/C12H22/c1-5-11-7-6-10(2)8-9-12(11,3)4/h6,11H,5,7-9H2,1-4H3. The highest BCUT2D eigenvalue weighted by Crippen LogP contribution is 2.40. The Morgan fingerprint density at radius 3 is 2.75 bits per heavy atom. The highest BCUT2D eigenvalue weighted by molar-refractivity contribution is 5.04. The summed E-state index contributed by atoms with van der Waals surface area (Å²) in [4.78, 5) is 0. The average Bonchev–Trinajstić information content (AvgIpc) is 2.12. The zero-order valence-electron chi connectivity index (χ0n) is 8.98. The van der Waals surface area contributed by atoms with Crippen LogP contribution < -0.4 is 0 Å². The summed E-state index contributed by atoms with van der Waals surface area (Å²) in [5, 5.41) is 0. The third-order valence-electron chi connectivity index (χ3n) is 3.51. The summed E-state index contributed by atoms with van der Waals surface area (Å²) in [6.07, 6.45) is 7.76. The van der Waals surface area contributed by atoms with Crippen LogP contribution in [-0.2, 0) is 0 Å². The van der Waals surface area contributed by atoms with E-state index >= 15 is 0 Å². The molecule has 0 aromatic carbocycles. The van der Waals surface area contributed by atoms with Crippen LogP contribution in [0.1, 0.15) is 53.4 Å². The molecule has 0 heterocycles. The minimum Gasteiger partial charge on any atom is -0.0853 e. The molecule has 1 atom stereocenters. The molecule has 0 aromatic heterocycles. The van der Waals surface area contributed by atoms with Crippen LogP contribution in [0.3, 0.4) is 0 Å². The fourth-order valence-corrected chi connectivity index (χ4v) is 2.21. The van der Waals surface area contributed by atoms with Crippen LogP contribution in [0.2, 0.25) is 0 Å². The van der Waals surface area contributed by atoms with Crippen LogP contribution in [-0.4, -0.2) is 0 Å². The Balaban J connectivity index is 2.70. The topological polar surface area (TPSA) is 0 Å². The SMILES string of the molecule is CCC1CC=C(C)CCC1(C)C. The molecule has 0 aliphatic heterocycles. The van der Waals surface area contributed by atoms with E-state index in [0.29, 0.717) is 5.41 Å². The Morgan fingerprint density at radius 2 is 2.17 bits per heavy atom. The van der Waals surface area contributed by atoms with Crippen molar-refractivity contribution in [3.8, 4) is 0 Å². The summed E-state index contributed by atoms with van der Waals surface area (Å²) >= 11 is 0. The van der Waals surface area contributed by atoms with Gasteiger partial charge in [0.2, 0.25) is 0 Å². The predicted molar refractivity (Wildman–Crippen MR) is 55.2 cm³/mol. The Hall–Kier alpha value is -0.260. The van der Waals surface area contributed by atoms with E-state index in [1.165, 1.54) is 25.7 Å². The largest absolute Gasteiger partial charge is 0.0853 e. The number of allylic oxidation sites excluding steroid dienone is 2. The molecule has 0 heteroatoms. The van der Waals surface area contributed by atoms with Crippen molar-refractivity contribution in [2.75, 3.05) is 0 Å². The molecule has 0 nitrogen and oxygen atoms in total. The minimum absolute atomic E-state index is 0.559. The van der Waals surface area contributed by atoms with Crippen molar-refractivity contribution in [2.45, 2.75) is 53.4 Å². The molecular weight excluding hydrogens is 144 g/mol. The molecule has 1 aliphatic carbocycles. The van der Waals surface area contributed by atoms with Crippen LogP contribution in [0.25, 0.3) is 0 Å². The molecule has 0 saturated heterocycles. The second kappa shape index (κ2) is 3.64. The van der Waals surface area contributed by atoms with Gasteiger partial charge in [-0.05, 0) is 37.5 Å². The minimum atomic E-state index is 0.559. The van der Waals surface area contributed by atoms with Gasteiger partial charge in [-0.2, -0.15) is 0 Å². The molecular formula is C12H22. The van der Waals surface area contributed by atoms with Crippen molar-refractivity contribution in [2.24, 2.45) is 11.3 Å². The van der Waals surface area contributed by atoms with Crippen molar-refractivity contribution in [3.05, 3.63) is 11.6 Å². The van der Waals surface area contributed by atoms with E-state index in [-0.39, 0.29) is 0 Å². The molecule has 1 rings (SSSR count). The molecule has 0 fully saturated rings. The number of hydrogen-bond donors (Lipinski definition) is 0. The maximum absolute atomic E-state index is 2.45. The van der Waals surface area contributed by atoms with E-state index in [1.807, 2.05) is 0 Å². The van der Waals surface area contributed by atoms with Crippen LogP contribution in [0.4, 0.5) is 0 Å². The van der Waals surface area contributed by atoms with E-state index in [2.05, 4.69) is 33.8 Å². The smallest absolute Gasteiger partial charge is 0.0315 e. The second-order valence-electron chi connectivity index (χ2n) is 4.88. The van der Waals surface area contributed by atoms with Gasteiger partial charge in [0, 0.05) is 0 Å². The lowest BCUT2D eigenvalue weighted by atomic mass is 9.74. The third kappa shape index (κ3) is 2.12. The normalized spacial score (nSPS) is 29.3. The first-order valence-corrected chi connectivity index (χ1v) is 5.22. The fraction of sp³-hybridized carbons (Fsp3) is 0.833. The second-order valence-corrected chi connectivity index (χ2v) is 4.88. The average molecular weight is 166 g/mol. The summed E-state index contributed by atoms with van der Waals surface area (Å²) in [5.41, 5.74) is 2.15. The molecule has 1 unspecified atom stereocenters. The third-order valence-corrected chi connectivity index (χ3v) is 3.51. The van der Waals surface area contributed by atoms with Crippen LogP contribution in [0.5, 0.6) is 0 Å². The Labute approximate surface area is 77.1 Å². The lowest BCUT2D eigenvalue weighted by molar-refractivity contribution is 0.196. The van der Waals surface area contributed by atoms with Gasteiger partial charge in [-0.1, -0.05) is 38.8 Å². The van der Waals surface area contributed by atoms with E-state index in [9.17, 15) is 0 Å². The molecule has 0 saturated carbocycles. The zero-order chi connectivity index (χ0) is 9.19. The van der Waals surface area contributed by atoms with Crippen LogP contribution >= 0.6 is 0 Å². The van der Waals surface area contributed by atoms with Crippen molar-refractivity contribution in [1.29, 1.82) is 0 Å². The molecule has 1 aliphatic rings.